The lowest BCUT2D eigenvalue weighted by atomic mass is 10.1. The second-order valence-corrected chi connectivity index (χ2v) is 6.50. The quantitative estimate of drug-likeness (QED) is 0.649. The number of nitrogens with zero attached hydrogens (tertiary/aromatic N) is 7. The van der Waals surface area contributed by atoms with E-state index in [0.717, 1.165) is 5.82 Å². The zero-order valence-corrected chi connectivity index (χ0v) is 15.1. The number of hydrogen-bond donors (Lipinski definition) is 2. The lowest BCUT2D eigenvalue weighted by Gasteiger charge is -2.28. The molecule has 1 aliphatic heterocycles. The number of aliphatic hydroxyl groups is 1. The Hall–Kier alpha value is -3.34. The van der Waals surface area contributed by atoms with Crippen molar-refractivity contribution in [1.82, 2.24) is 34.8 Å². The number of fused-ring (bicyclic) bond motifs is 1. The Labute approximate surface area is 159 Å². The van der Waals surface area contributed by atoms with Crippen molar-refractivity contribution in [2.75, 3.05) is 11.9 Å². The van der Waals surface area contributed by atoms with E-state index in [1.807, 2.05) is 0 Å². The fourth-order valence-corrected chi connectivity index (χ4v) is 3.16. The molecular weight excluding hydrogens is 367 g/mol. The molecule has 11 heteroatoms. The van der Waals surface area contributed by atoms with Crippen LogP contribution in [0.25, 0.3) is 0 Å². The Bertz CT molecular complexity index is 987. The molecule has 2 N–H and O–H groups in total. The molecule has 4 heterocycles. The molecule has 2 atom stereocenters. The first-order valence-corrected chi connectivity index (χ1v) is 8.75. The number of aliphatic hydroxyl groups excluding tert-OH is 1. The SMILES string of the molecule is CN1c2ccnn2CC[C@H](NC(=O)c2ncn(Cc3ncccc3F)n2)C1O. The summed E-state index contributed by atoms with van der Waals surface area (Å²) in [6.07, 6.45) is 4.06. The maximum atomic E-state index is 13.7. The monoisotopic (exact) mass is 386 g/mol. The average Bonchev–Trinajstić information content (AvgIpc) is 3.33. The number of anilines is 1. The highest BCUT2D eigenvalue weighted by molar-refractivity contribution is 5.90. The first kappa shape index (κ1) is 18.0. The van der Waals surface area contributed by atoms with Gasteiger partial charge in [0.2, 0.25) is 5.82 Å². The van der Waals surface area contributed by atoms with E-state index < -0.39 is 24.0 Å². The van der Waals surface area contributed by atoms with Crippen molar-refractivity contribution in [3.8, 4) is 0 Å². The molecule has 1 unspecified atom stereocenters. The lowest BCUT2D eigenvalue weighted by Crippen LogP contribution is -2.50. The number of carbonyl (C=O) groups is 1. The van der Waals surface area contributed by atoms with Gasteiger partial charge in [-0.25, -0.2) is 18.7 Å². The molecule has 4 rings (SSSR count). The van der Waals surface area contributed by atoms with Crippen molar-refractivity contribution < 1.29 is 14.3 Å². The third-order valence-corrected chi connectivity index (χ3v) is 4.67. The van der Waals surface area contributed by atoms with Gasteiger partial charge in [-0.2, -0.15) is 5.10 Å². The molecule has 0 aromatic carbocycles. The molecule has 146 valence electrons. The average molecular weight is 386 g/mol. The van der Waals surface area contributed by atoms with Gasteiger partial charge in [0, 0.05) is 25.9 Å². The fourth-order valence-electron chi connectivity index (χ4n) is 3.16. The van der Waals surface area contributed by atoms with Crippen LogP contribution in [0.5, 0.6) is 0 Å². The van der Waals surface area contributed by atoms with E-state index in [9.17, 15) is 14.3 Å². The number of rotatable bonds is 4. The number of aryl methyl sites for hydroxylation is 1. The molecule has 0 aliphatic carbocycles. The second-order valence-electron chi connectivity index (χ2n) is 6.50. The molecule has 3 aromatic heterocycles. The Morgan fingerprint density at radius 1 is 1.36 bits per heavy atom. The molecule has 0 radical (unpaired) electrons. The van der Waals surface area contributed by atoms with Gasteiger partial charge in [0.15, 0.2) is 0 Å². The summed E-state index contributed by atoms with van der Waals surface area (Å²) in [7, 11) is 1.73. The van der Waals surface area contributed by atoms with Crippen LogP contribution in [0.3, 0.4) is 0 Å². The predicted molar refractivity (Wildman–Crippen MR) is 95.8 cm³/mol. The van der Waals surface area contributed by atoms with Gasteiger partial charge in [-0.1, -0.05) is 0 Å². The van der Waals surface area contributed by atoms with Gasteiger partial charge in [0.1, 0.15) is 24.2 Å². The number of carbonyl (C=O) groups excluding carboxylic acids is 1. The first-order chi connectivity index (χ1) is 13.5. The molecule has 0 saturated carbocycles. The molecule has 28 heavy (non-hydrogen) atoms. The molecule has 0 bridgehead atoms. The number of pyridine rings is 1. The molecule has 1 amide bonds. The molecule has 1 aliphatic rings. The number of nitrogens with one attached hydrogen (secondary N) is 1. The van der Waals surface area contributed by atoms with E-state index in [0.29, 0.717) is 13.0 Å². The summed E-state index contributed by atoms with van der Waals surface area (Å²) in [6, 6.07) is 4.08. The smallest absolute Gasteiger partial charge is 0.291 e. The number of amides is 1. The van der Waals surface area contributed by atoms with Crippen molar-refractivity contribution in [1.29, 1.82) is 0 Å². The van der Waals surface area contributed by atoms with E-state index in [1.54, 1.807) is 28.9 Å². The van der Waals surface area contributed by atoms with Crippen LogP contribution in [-0.2, 0) is 13.1 Å². The Morgan fingerprint density at radius 3 is 3.04 bits per heavy atom. The predicted octanol–water partition coefficient (Wildman–Crippen LogP) is 0.0139. The summed E-state index contributed by atoms with van der Waals surface area (Å²) in [4.78, 5) is 22.1. The fraction of sp³-hybridized carbons (Fsp3) is 0.353. The second kappa shape index (κ2) is 7.35. The highest BCUT2D eigenvalue weighted by Gasteiger charge is 2.30. The molecular formula is C17H19FN8O2. The number of aromatic nitrogens is 6. The minimum Gasteiger partial charge on any atom is -0.371 e. The van der Waals surface area contributed by atoms with Gasteiger partial charge in [-0.3, -0.25) is 9.78 Å². The summed E-state index contributed by atoms with van der Waals surface area (Å²) >= 11 is 0. The van der Waals surface area contributed by atoms with Crippen molar-refractivity contribution in [2.45, 2.75) is 31.8 Å². The summed E-state index contributed by atoms with van der Waals surface area (Å²) in [5.41, 5.74) is 0.203. The topological polar surface area (TPSA) is 114 Å². The number of likely N-dealkylation sites (N-methyl/N-ethyl adjacent to an activating group) is 1. The molecule has 3 aromatic rings. The van der Waals surface area contributed by atoms with Gasteiger partial charge in [-0.15, -0.1) is 5.10 Å². The van der Waals surface area contributed by atoms with Crippen LogP contribution in [-0.4, -0.2) is 59.9 Å². The van der Waals surface area contributed by atoms with E-state index in [4.69, 9.17) is 0 Å². The van der Waals surface area contributed by atoms with E-state index >= 15 is 0 Å². The zero-order chi connectivity index (χ0) is 19.7. The van der Waals surface area contributed by atoms with Gasteiger partial charge in [0.05, 0.1) is 24.5 Å². The van der Waals surface area contributed by atoms with Crippen LogP contribution in [0.4, 0.5) is 10.2 Å². The normalized spacial score (nSPS) is 19.2. The van der Waals surface area contributed by atoms with E-state index in [-0.39, 0.29) is 18.1 Å². The van der Waals surface area contributed by atoms with Crippen LogP contribution in [0.2, 0.25) is 0 Å². The number of hydrogen-bond acceptors (Lipinski definition) is 7. The van der Waals surface area contributed by atoms with Crippen LogP contribution in [0, 0.1) is 5.82 Å². The lowest BCUT2D eigenvalue weighted by molar-refractivity contribution is 0.0818. The van der Waals surface area contributed by atoms with Crippen molar-refractivity contribution in [2.24, 2.45) is 0 Å². The Morgan fingerprint density at radius 2 is 2.21 bits per heavy atom. The largest absolute Gasteiger partial charge is 0.371 e. The maximum Gasteiger partial charge on any atom is 0.291 e. The van der Waals surface area contributed by atoms with Crippen molar-refractivity contribution in [3.05, 3.63) is 54.3 Å². The van der Waals surface area contributed by atoms with Gasteiger partial charge in [-0.05, 0) is 18.6 Å². The molecule has 0 saturated heterocycles. The molecule has 0 spiro atoms. The van der Waals surface area contributed by atoms with E-state index in [1.165, 1.54) is 29.3 Å². The van der Waals surface area contributed by atoms with E-state index in [2.05, 4.69) is 25.5 Å². The van der Waals surface area contributed by atoms with Gasteiger partial charge >= 0.3 is 0 Å². The zero-order valence-electron chi connectivity index (χ0n) is 15.1. The minimum atomic E-state index is -0.924. The summed E-state index contributed by atoms with van der Waals surface area (Å²) in [5.74, 6) is -0.263. The summed E-state index contributed by atoms with van der Waals surface area (Å²) in [6.45, 7) is 0.609. The standard InChI is InChI=1S/C17H19FN8O2/c1-24-14-4-7-21-26(14)8-5-12(17(24)28)22-16(27)15-20-10-25(23-15)9-13-11(18)3-2-6-19-13/h2-4,6-7,10,12,17,28H,5,8-9H2,1H3,(H,22,27)/t12-,17?/m0/s1. The Kier molecular flexibility index (Phi) is 4.74. The van der Waals surface area contributed by atoms with Crippen LogP contribution >= 0.6 is 0 Å². The van der Waals surface area contributed by atoms with Crippen molar-refractivity contribution >= 4 is 11.7 Å². The van der Waals surface area contributed by atoms with Crippen molar-refractivity contribution in [3.63, 3.8) is 0 Å². The third kappa shape index (κ3) is 3.43. The third-order valence-electron chi connectivity index (χ3n) is 4.67. The summed E-state index contributed by atoms with van der Waals surface area (Å²) in [5, 5.41) is 21.6. The van der Waals surface area contributed by atoms with Crippen LogP contribution in [0.15, 0.2) is 36.9 Å². The highest BCUT2D eigenvalue weighted by atomic mass is 19.1. The highest BCUT2D eigenvalue weighted by Crippen LogP contribution is 2.21. The minimum absolute atomic E-state index is 0.0584. The van der Waals surface area contributed by atoms with Gasteiger partial charge in [0.25, 0.3) is 5.91 Å². The van der Waals surface area contributed by atoms with Gasteiger partial charge < -0.3 is 15.3 Å². The molecule has 10 nitrogen and oxygen atoms in total. The van der Waals surface area contributed by atoms with Crippen LogP contribution < -0.4 is 10.2 Å². The molecule has 0 fully saturated rings. The first-order valence-electron chi connectivity index (χ1n) is 8.75. The number of halogens is 1. The Balaban J connectivity index is 1.43. The summed E-state index contributed by atoms with van der Waals surface area (Å²) < 4.78 is 16.8. The van der Waals surface area contributed by atoms with Crippen LogP contribution in [0.1, 0.15) is 22.7 Å². The maximum absolute atomic E-state index is 13.7.